The van der Waals surface area contributed by atoms with Crippen molar-refractivity contribution in [2.24, 2.45) is 0 Å². The number of carbonyl (C=O) groups is 1. The molecule has 0 saturated carbocycles. The summed E-state index contributed by atoms with van der Waals surface area (Å²) in [5.41, 5.74) is 5.51. The molecule has 1 unspecified atom stereocenters. The molecule has 1 nitrogen and oxygen atoms in total. The molecule has 0 amide bonds. The summed E-state index contributed by atoms with van der Waals surface area (Å²) >= 11 is 6.24. The minimum absolute atomic E-state index is 0.103. The van der Waals surface area contributed by atoms with Crippen LogP contribution in [0.15, 0.2) is 30.3 Å². The van der Waals surface area contributed by atoms with Gasteiger partial charge in [-0.1, -0.05) is 56.6 Å². The molecule has 0 bridgehead atoms. The molecule has 0 aliphatic rings. The zero-order chi connectivity index (χ0) is 17.4. The number of halogens is 1. The van der Waals surface area contributed by atoms with Gasteiger partial charge in [-0.15, -0.1) is 0 Å². The predicted octanol–water partition coefficient (Wildman–Crippen LogP) is 5.71. The van der Waals surface area contributed by atoms with Crippen molar-refractivity contribution in [1.82, 2.24) is 0 Å². The molecule has 0 saturated heterocycles. The molecule has 122 valence electrons. The molecule has 0 aliphatic carbocycles. The van der Waals surface area contributed by atoms with Crippen molar-refractivity contribution in [3.05, 3.63) is 63.2 Å². The van der Waals surface area contributed by atoms with Crippen molar-refractivity contribution < 1.29 is 4.79 Å². The van der Waals surface area contributed by atoms with E-state index in [1.165, 1.54) is 16.7 Å². The third kappa shape index (κ3) is 4.03. The first-order valence-electron chi connectivity index (χ1n) is 7.79. The molecule has 2 aromatic rings. The summed E-state index contributed by atoms with van der Waals surface area (Å²) in [6.45, 7) is 12.8. The van der Waals surface area contributed by atoms with Gasteiger partial charge in [-0.05, 0) is 68.4 Å². The lowest BCUT2D eigenvalue weighted by Crippen LogP contribution is -2.16. The Labute approximate surface area is 146 Å². The second-order valence-corrected chi connectivity index (χ2v) is 8.73. The average molecular weight is 347 g/mol. The quantitative estimate of drug-likeness (QED) is 0.651. The Balaban J connectivity index is 2.39. The first kappa shape index (κ1) is 18.2. The molecular weight excluding hydrogens is 323 g/mol. The Hall–Kier alpha value is -1.17. The molecule has 0 aromatic heterocycles. The van der Waals surface area contributed by atoms with Crippen molar-refractivity contribution in [3.63, 3.8) is 0 Å². The average Bonchev–Trinajstić information content (AvgIpc) is 2.41. The number of hydrogen-bond acceptors (Lipinski definition) is 1. The van der Waals surface area contributed by atoms with Gasteiger partial charge in [0.2, 0.25) is 0 Å². The molecule has 2 rings (SSSR count). The number of aryl methyl sites for hydroxylation is 3. The largest absolute Gasteiger partial charge is 0.289 e. The number of carbonyl (C=O) groups excluding carboxylic acids is 1. The molecule has 0 spiro atoms. The minimum atomic E-state index is 0.103. The van der Waals surface area contributed by atoms with Crippen LogP contribution < -0.4 is 5.30 Å². The van der Waals surface area contributed by atoms with E-state index in [0.29, 0.717) is 10.6 Å². The van der Waals surface area contributed by atoms with Crippen LogP contribution in [0.4, 0.5) is 0 Å². The first-order chi connectivity index (χ1) is 10.6. The molecule has 3 heteroatoms. The van der Waals surface area contributed by atoms with Crippen LogP contribution in [0, 0.1) is 20.8 Å². The fourth-order valence-corrected chi connectivity index (χ4v) is 4.30. The van der Waals surface area contributed by atoms with Gasteiger partial charge in [0, 0.05) is 5.56 Å². The maximum atomic E-state index is 12.8. The van der Waals surface area contributed by atoms with Crippen LogP contribution in [0.2, 0.25) is 5.02 Å². The van der Waals surface area contributed by atoms with Crippen molar-refractivity contribution >= 4 is 31.0 Å². The Morgan fingerprint density at radius 3 is 2.04 bits per heavy atom. The van der Waals surface area contributed by atoms with Crippen LogP contribution in [0.5, 0.6) is 0 Å². The molecule has 0 fully saturated rings. The van der Waals surface area contributed by atoms with E-state index in [9.17, 15) is 4.79 Å². The minimum Gasteiger partial charge on any atom is -0.289 e. The maximum absolute atomic E-state index is 12.8. The second-order valence-electron chi connectivity index (χ2n) is 7.12. The number of benzene rings is 2. The fraction of sp³-hybridized carbons (Fsp3) is 0.350. The summed E-state index contributed by atoms with van der Waals surface area (Å²) in [6, 6.07) is 10.0. The third-order valence-corrected chi connectivity index (χ3v) is 5.92. The summed E-state index contributed by atoms with van der Waals surface area (Å²) < 4.78 is 0. The molecule has 23 heavy (non-hydrogen) atoms. The van der Waals surface area contributed by atoms with Crippen LogP contribution in [-0.4, -0.2) is 5.52 Å². The van der Waals surface area contributed by atoms with Crippen LogP contribution in [0.25, 0.3) is 0 Å². The van der Waals surface area contributed by atoms with Crippen LogP contribution in [-0.2, 0) is 5.41 Å². The van der Waals surface area contributed by atoms with Crippen LogP contribution >= 0.6 is 20.2 Å². The highest BCUT2D eigenvalue weighted by atomic mass is 35.5. The third-order valence-electron chi connectivity index (χ3n) is 4.09. The van der Waals surface area contributed by atoms with Crippen molar-refractivity contribution in [1.29, 1.82) is 0 Å². The summed E-state index contributed by atoms with van der Waals surface area (Å²) in [4.78, 5) is 12.8. The standard InChI is InChI=1S/C20H24ClOP/c1-12-8-7-9-16(21)17(12)19(22)23-18-13(2)10-15(11-14(18)3)20(4,5)6/h7-11,23H,1-6H3. The van der Waals surface area contributed by atoms with Gasteiger partial charge >= 0.3 is 0 Å². The molecule has 0 radical (unpaired) electrons. The molecule has 1 atom stereocenters. The second kappa shape index (κ2) is 6.75. The summed E-state index contributed by atoms with van der Waals surface area (Å²) in [5.74, 6) is 0. The summed E-state index contributed by atoms with van der Waals surface area (Å²) in [5, 5.41) is 1.69. The summed E-state index contributed by atoms with van der Waals surface area (Å²) in [6.07, 6.45) is 0. The Kier molecular flexibility index (Phi) is 5.33. The van der Waals surface area contributed by atoms with Crippen LogP contribution in [0.1, 0.15) is 53.4 Å². The van der Waals surface area contributed by atoms with Gasteiger partial charge < -0.3 is 0 Å². The monoisotopic (exact) mass is 346 g/mol. The van der Waals surface area contributed by atoms with E-state index in [-0.39, 0.29) is 19.5 Å². The van der Waals surface area contributed by atoms with Gasteiger partial charge in [0.25, 0.3) is 0 Å². The highest BCUT2D eigenvalue weighted by molar-refractivity contribution is 7.66. The number of rotatable bonds is 3. The van der Waals surface area contributed by atoms with Gasteiger partial charge in [-0.25, -0.2) is 0 Å². The molecule has 0 heterocycles. The Morgan fingerprint density at radius 1 is 1.00 bits per heavy atom. The Morgan fingerprint density at radius 2 is 1.57 bits per heavy atom. The van der Waals surface area contributed by atoms with Gasteiger partial charge in [0.15, 0.2) is 5.52 Å². The first-order valence-corrected chi connectivity index (χ1v) is 9.17. The Bertz CT molecular complexity index is 713. The smallest absolute Gasteiger partial charge is 0.187 e. The van der Waals surface area contributed by atoms with E-state index in [2.05, 4.69) is 46.8 Å². The molecule has 0 N–H and O–H groups in total. The number of hydrogen-bond donors (Lipinski definition) is 0. The maximum Gasteiger partial charge on any atom is 0.187 e. The van der Waals surface area contributed by atoms with Gasteiger partial charge in [-0.2, -0.15) is 0 Å². The van der Waals surface area contributed by atoms with Gasteiger partial charge in [0.1, 0.15) is 0 Å². The SMILES string of the molecule is Cc1cc(C(C)(C)C)cc(C)c1PC(=O)c1c(C)cccc1Cl. The lowest BCUT2D eigenvalue weighted by Gasteiger charge is -2.22. The topological polar surface area (TPSA) is 17.1 Å². The van der Waals surface area contributed by atoms with Gasteiger partial charge in [-0.3, -0.25) is 4.79 Å². The predicted molar refractivity (Wildman–Crippen MR) is 103 cm³/mol. The van der Waals surface area contributed by atoms with Crippen molar-refractivity contribution in [2.75, 3.05) is 0 Å². The molecular formula is C20H24ClOP. The van der Waals surface area contributed by atoms with E-state index in [4.69, 9.17) is 11.6 Å². The zero-order valence-electron chi connectivity index (χ0n) is 14.7. The van der Waals surface area contributed by atoms with Crippen LogP contribution in [0.3, 0.4) is 0 Å². The molecule has 2 aromatic carbocycles. The van der Waals surface area contributed by atoms with E-state index in [1.807, 2.05) is 19.1 Å². The highest BCUT2D eigenvalue weighted by Gasteiger charge is 2.19. The normalized spacial score (nSPS) is 12.1. The van der Waals surface area contributed by atoms with E-state index in [1.54, 1.807) is 6.07 Å². The van der Waals surface area contributed by atoms with E-state index in [0.717, 1.165) is 10.9 Å². The van der Waals surface area contributed by atoms with E-state index < -0.39 is 0 Å². The van der Waals surface area contributed by atoms with Gasteiger partial charge in [0.05, 0.1) is 5.02 Å². The van der Waals surface area contributed by atoms with Crippen molar-refractivity contribution in [3.8, 4) is 0 Å². The zero-order valence-corrected chi connectivity index (χ0v) is 16.4. The lowest BCUT2D eigenvalue weighted by atomic mass is 9.85. The summed E-state index contributed by atoms with van der Waals surface area (Å²) in [7, 11) is 0.103. The molecule has 0 aliphatic heterocycles. The lowest BCUT2D eigenvalue weighted by molar-refractivity contribution is 0.108. The fourth-order valence-electron chi connectivity index (χ4n) is 2.69. The highest BCUT2D eigenvalue weighted by Crippen LogP contribution is 2.31. The van der Waals surface area contributed by atoms with Crippen molar-refractivity contribution in [2.45, 2.75) is 47.0 Å². The van der Waals surface area contributed by atoms with E-state index >= 15 is 0 Å².